The molecule has 128 valence electrons. The third-order valence-electron chi connectivity index (χ3n) is 5.01. The lowest BCUT2D eigenvalue weighted by molar-refractivity contribution is 0.0699. The van der Waals surface area contributed by atoms with Crippen LogP contribution in [-0.4, -0.2) is 25.7 Å². The topological polar surface area (TPSA) is 87.5 Å². The summed E-state index contributed by atoms with van der Waals surface area (Å²) < 4.78 is 1.10. The number of carboxylic acids is 1. The van der Waals surface area contributed by atoms with Crippen molar-refractivity contribution >= 4 is 11.6 Å². The summed E-state index contributed by atoms with van der Waals surface area (Å²) in [5.74, 6) is -0.521. The van der Waals surface area contributed by atoms with E-state index in [1.54, 1.807) is 0 Å². The average molecular weight is 337 g/mol. The second-order valence-corrected chi connectivity index (χ2v) is 6.56. The normalized spacial score (nSPS) is 15.5. The Balaban J connectivity index is 1.79. The third kappa shape index (κ3) is 2.73. The van der Waals surface area contributed by atoms with Crippen LogP contribution in [-0.2, 0) is 0 Å². The van der Waals surface area contributed by atoms with Crippen LogP contribution in [0, 0.1) is 0 Å². The van der Waals surface area contributed by atoms with Crippen molar-refractivity contribution in [1.29, 1.82) is 0 Å². The van der Waals surface area contributed by atoms with Crippen molar-refractivity contribution in [2.45, 2.75) is 38.0 Å². The number of carbonyl (C=O) groups is 1. The number of carboxylic acid groups (broad SMARTS) is 1. The van der Waals surface area contributed by atoms with Gasteiger partial charge in [0.2, 0.25) is 0 Å². The molecular weight excluding hydrogens is 318 g/mol. The third-order valence-corrected chi connectivity index (χ3v) is 5.01. The highest BCUT2D eigenvalue weighted by atomic mass is 16.4. The van der Waals surface area contributed by atoms with E-state index in [2.05, 4.69) is 22.2 Å². The molecule has 0 spiro atoms. The van der Waals surface area contributed by atoms with Crippen molar-refractivity contribution < 1.29 is 9.90 Å². The number of rotatable bonds is 3. The summed E-state index contributed by atoms with van der Waals surface area (Å²) in [6.45, 7) is 0. The maximum atomic E-state index is 11.9. The van der Waals surface area contributed by atoms with Gasteiger partial charge in [-0.25, -0.2) is 4.79 Å². The number of hydrogen-bond donors (Lipinski definition) is 2. The van der Waals surface area contributed by atoms with Crippen LogP contribution in [0.3, 0.4) is 0 Å². The Labute approximate surface area is 144 Å². The molecule has 1 fully saturated rings. The summed E-state index contributed by atoms with van der Waals surface area (Å²) in [7, 11) is 0. The lowest BCUT2D eigenvalue weighted by Crippen LogP contribution is -2.13. The summed E-state index contributed by atoms with van der Waals surface area (Å²) in [6.07, 6.45) is 7.70. The van der Waals surface area contributed by atoms with E-state index >= 15 is 0 Å². The molecule has 0 radical (unpaired) electrons. The van der Waals surface area contributed by atoms with E-state index in [0.29, 0.717) is 17.2 Å². The number of H-pyrrole nitrogens is 1. The maximum absolute atomic E-state index is 11.9. The minimum atomic E-state index is -1.11. The Hall–Kier alpha value is -2.89. The van der Waals surface area contributed by atoms with E-state index in [4.69, 9.17) is 0 Å². The van der Waals surface area contributed by atoms with Gasteiger partial charge in [0.1, 0.15) is 11.3 Å². The lowest BCUT2D eigenvalue weighted by Gasteiger charge is -2.22. The molecule has 2 heterocycles. The molecule has 1 aliphatic rings. The smallest absolute Gasteiger partial charge is 0.341 e. The van der Waals surface area contributed by atoms with Crippen molar-refractivity contribution in [1.82, 2.24) is 14.6 Å². The maximum Gasteiger partial charge on any atom is 0.341 e. The van der Waals surface area contributed by atoms with Gasteiger partial charge in [-0.05, 0) is 24.3 Å². The van der Waals surface area contributed by atoms with Crippen LogP contribution >= 0.6 is 0 Å². The van der Waals surface area contributed by atoms with Crippen molar-refractivity contribution in [3.63, 3.8) is 0 Å². The highest BCUT2D eigenvalue weighted by Crippen LogP contribution is 2.34. The SMILES string of the molecule is O=C(O)c1c(-c2ccc(C3CCCCC3)cc2)nn2c(=O)cc[nH]c12. The first-order chi connectivity index (χ1) is 12.1. The van der Waals surface area contributed by atoms with Crippen LogP contribution < -0.4 is 5.56 Å². The first-order valence-corrected chi connectivity index (χ1v) is 8.59. The van der Waals surface area contributed by atoms with Gasteiger partial charge in [0, 0.05) is 17.8 Å². The molecule has 6 heteroatoms. The van der Waals surface area contributed by atoms with Crippen LogP contribution in [0.5, 0.6) is 0 Å². The molecule has 25 heavy (non-hydrogen) atoms. The highest BCUT2D eigenvalue weighted by molar-refractivity contribution is 6.01. The van der Waals surface area contributed by atoms with Gasteiger partial charge in [-0.2, -0.15) is 9.61 Å². The molecule has 0 unspecified atom stereocenters. The Morgan fingerprint density at radius 1 is 1.12 bits per heavy atom. The molecule has 0 atom stereocenters. The van der Waals surface area contributed by atoms with E-state index in [-0.39, 0.29) is 16.8 Å². The van der Waals surface area contributed by atoms with E-state index in [0.717, 1.165) is 4.52 Å². The monoisotopic (exact) mass is 337 g/mol. The minimum absolute atomic E-state index is 0.0168. The average Bonchev–Trinajstić information content (AvgIpc) is 3.04. The zero-order chi connectivity index (χ0) is 17.4. The van der Waals surface area contributed by atoms with E-state index in [1.165, 1.54) is 49.9 Å². The number of aromatic amines is 1. The molecule has 0 bridgehead atoms. The molecule has 6 nitrogen and oxygen atoms in total. The van der Waals surface area contributed by atoms with Crippen molar-refractivity contribution in [2.24, 2.45) is 0 Å². The molecule has 0 aliphatic heterocycles. The van der Waals surface area contributed by atoms with E-state index in [1.807, 2.05) is 12.1 Å². The van der Waals surface area contributed by atoms with Gasteiger partial charge in [-0.3, -0.25) is 4.79 Å². The fourth-order valence-corrected chi connectivity index (χ4v) is 3.73. The van der Waals surface area contributed by atoms with Crippen molar-refractivity contribution in [3.05, 3.63) is 58.0 Å². The molecule has 3 aromatic rings. The summed E-state index contributed by atoms with van der Waals surface area (Å²) in [6, 6.07) is 9.25. The number of aromatic carboxylic acids is 1. The number of hydrogen-bond acceptors (Lipinski definition) is 3. The first-order valence-electron chi connectivity index (χ1n) is 8.59. The van der Waals surface area contributed by atoms with Crippen LogP contribution in [0.25, 0.3) is 16.9 Å². The van der Waals surface area contributed by atoms with Gasteiger partial charge in [-0.15, -0.1) is 0 Å². The first kappa shape index (κ1) is 15.6. The molecule has 1 aromatic carbocycles. The number of nitrogens with zero attached hydrogens (tertiary/aromatic N) is 2. The Kier molecular flexibility index (Phi) is 3.87. The second kappa shape index (κ2) is 6.20. The van der Waals surface area contributed by atoms with Gasteiger partial charge in [0.05, 0.1) is 0 Å². The molecule has 2 N–H and O–H groups in total. The number of fused-ring (bicyclic) bond motifs is 1. The van der Waals surface area contributed by atoms with Gasteiger partial charge >= 0.3 is 5.97 Å². The molecule has 1 aliphatic carbocycles. The Bertz CT molecular complexity index is 979. The van der Waals surface area contributed by atoms with Gasteiger partial charge in [0.15, 0.2) is 5.65 Å². The number of aromatic nitrogens is 3. The number of benzene rings is 1. The fraction of sp³-hybridized carbons (Fsp3) is 0.316. The standard InChI is InChI=1S/C19H19N3O3/c23-15-10-11-20-18-16(19(24)25)17(21-22(15)18)14-8-6-13(7-9-14)12-4-2-1-3-5-12/h6-12,20H,1-5H2,(H,24,25). The van der Waals surface area contributed by atoms with Gasteiger partial charge in [0.25, 0.3) is 5.56 Å². The minimum Gasteiger partial charge on any atom is -0.477 e. The van der Waals surface area contributed by atoms with Crippen LogP contribution in [0.4, 0.5) is 0 Å². The summed E-state index contributed by atoms with van der Waals surface area (Å²) in [5.41, 5.74) is 2.16. The van der Waals surface area contributed by atoms with Gasteiger partial charge < -0.3 is 10.1 Å². The van der Waals surface area contributed by atoms with Crippen LogP contribution in [0.1, 0.15) is 53.9 Å². The molecule has 1 saturated carbocycles. The quantitative estimate of drug-likeness (QED) is 0.766. The second-order valence-electron chi connectivity index (χ2n) is 6.56. The summed E-state index contributed by atoms with van der Waals surface area (Å²) in [4.78, 5) is 26.5. The predicted molar refractivity (Wildman–Crippen MR) is 94.0 cm³/mol. The highest BCUT2D eigenvalue weighted by Gasteiger charge is 2.22. The zero-order valence-electron chi connectivity index (χ0n) is 13.7. The zero-order valence-corrected chi connectivity index (χ0v) is 13.7. The van der Waals surface area contributed by atoms with E-state index < -0.39 is 5.97 Å². The van der Waals surface area contributed by atoms with Crippen LogP contribution in [0.2, 0.25) is 0 Å². The van der Waals surface area contributed by atoms with E-state index in [9.17, 15) is 14.7 Å². The number of nitrogens with one attached hydrogen (secondary N) is 1. The Morgan fingerprint density at radius 2 is 1.84 bits per heavy atom. The molecule has 0 amide bonds. The Morgan fingerprint density at radius 3 is 2.52 bits per heavy atom. The van der Waals surface area contributed by atoms with Crippen molar-refractivity contribution in [2.75, 3.05) is 0 Å². The largest absolute Gasteiger partial charge is 0.477 e. The molecule has 4 rings (SSSR count). The summed E-state index contributed by atoms with van der Waals surface area (Å²) >= 11 is 0. The van der Waals surface area contributed by atoms with Gasteiger partial charge in [-0.1, -0.05) is 43.5 Å². The summed E-state index contributed by atoms with van der Waals surface area (Å²) in [5, 5.41) is 13.8. The van der Waals surface area contributed by atoms with Crippen molar-refractivity contribution in [3.8, 4) is 11.3 Å². The molecule has 0 saturated heterocycles. The fourth-order valence-electron chi connectivity index (χ4n) is 3.73. The predicted octanol–water partition coefficient (Wildman–Crippen LogP) is 3.44. The molecular formula is C19H19N3O3. The van der Waals surface area contributed by atoms with Crippen LogP contribution in [0.15, 0.2) is 41.3 Å². The molecule has 2 aromatic heterocycles. The lowest BCUT2D eigenvalue weighted by atomic mass is 9.84.